The molecular weight excluding hydrogens is 875 g/mol. The Kier molecular flexibility index (Phi) is 11.5. The second kappa shape index (κ2) is 18.9. The Hall–Kier alpha value is -9.32. The molecule has 344 valence electrons. The largest absolute Gasteiger partial charge is 0.310 e. The lowest BCUT2D eigenvalue weighted by atomic mass is 9.96. The predicted molar refractivity (Wildman–Crippen MR) is 302 cm³/mol. The molecule has 0 aliphatic heterocycles. The Morgan fingerprint density at radius 3 is 1.21 bits per heavy atom. The summed E-state index contributed by atoms with van der Waals surface area (Å²) in [6.07, 6.45) is 0. The van der Waals surface area contributed by atoms with E-state index in [0.29, 0.717) is 0 Å². The molecule has 2 aromatic heterocycles. The summed E-state index contributed by atoms with van der Waals surface area (Å²) in [6.45, 7) is 6.42. The van der Waals surface area contributed by atoms with Crippen LogP contribution in [0.1, 0.15) is 16.7 Å². The molecular formula is C67H51N5. The van der Waals surface area contributed by atoms with Crippen LogP contribution in [-0.4, -0.2) is 14.5 Å². The summed E-state index contributed by atoms with van der Waals surface area (Å²) >= 11 is 0. The Bertz CT molecular complexity index is 3600. The van der Waals surface area contributed by atoms with Crippen molar-refractivity contribution >= 4 is 55.9 Å². The standard InChI is InChI=1S/C67H51N5/c1-46-18-16-20-50(40-46)63-45-64(69-67(68-63)52-21-17-19-47(2)41-52)51-32-37-60(48(3)42-51)49-30-33-57(34-31-49)72-65-38-35-58(70(53-22-8-4-9-23-53)54-24-10-5-11-25-54)43-61(65)62-44-59(36-39-66(62)72)71(55-26-12-6-13-27-55)56-28-14-7-15-29-56/h4-45H,1-3H3. The molecule has 10 aromatic carbocycles. The van der Waals surface area contributed by atoms with E-state index >= 15 is 0 Å². The van der Waals surface area contributed by atoms with Gasteiger partial charge in [0.2, 0.25) is 0 Å². The molecule has 0 spiro atoms. The van der Waals surface area contributed by atoms with Gasteiger partial charge in [-0.3, -0.25) is 0 Å². The van der Waals surface area contributed by atoms with Crippen molar-refractivity contribution < 1.29 is 0 Å². The number of aryl methyl sites for hydroxylation is 3. The van der Waals surface area contributed by atoms with Gasteiger partial charge in [-0.1, -0.05) is 145 Å². The molecule has 5 nitrogen and oxygen atoms in total. The first-order chi connectivity index (χ1) is 35.4. The van der Waals surface area contributed by atoms with Gasteiger partial charge in [0.1, 0.15) is 0 Å². The summed E-state index contributed by atoms with van der Waals surface area (Å²) in [4.78, 5) is 14.9. The first-order valence-electron chi connectivity index (χ1n) is 24.6. The third kappa shape index (κ3) is 8.48. The number of aromatic nitrogens is 3. The van der Waals surface area contributed by atoms with Crippen LogP contribution in [0.4, 0.5) is 34.1 Å². The molecule has 0 saturated heterocycles. The number of fused-ring (bicyclic) bond motifs is 3. The predicted octanol–water partition coefficient (Wildman–Crippen LogP) is 18.1. The van der Waals surface area contributed by atoms with Gasteiger partial charge in [0.05, 0.1) is 22.4 Å². The average Bonchev–Trinajstić information content (AvgIpc) is 3.75. The molecule has 0 atom stereocenters. The first kappa shape index (κ1) is 43.9. The molecule has 0 bridgehead atoms. The molecule has 72 heavy (non-hydrogen) atoms. The Labute approximate surface area is 421 Å². The van der Waals surface area contributed by atoms with Crippen LogP contribution in [-0.2, 0) is 0 Å². The van der Waals surface area contributed by atoms with Gasteiger partial charge >= 0.3 is 0 Å². The molecule has 12 aromatic rings. The van der Waals surface area contributed by atoms with Gasteiger partial charge in [-0.25, -0.2) is 9.97 Å². The molecule has 0 aliphatic rings. The number of benzene rings is 10. The lowest BCUT2D eigenvalue weighted by Crippen LogP contribution is -2.09. The summed E-state index contributed by atoms with van der Waals surface area (Å²) in [6, 6.07) is 91.1. The lowest BCUT2D eigenvalue weighted by Gasteiger charge is -2.26. The fraction of sp³-hybridized carbons (Fsp3) is 0.0448. The third-order valence-corrected chi connectivity index (χ3v) is 13.6. The Balaban J connectivity index is 0.962. The van der Waals surface area contributed by atoms with Crippen LogP contribution in [0.15, 0.2) is 255 Å². The van der Waals surface area contributed by atoms with E-state index in [2.05, 4.69) is 290 Å². The van der Waals surface area contributed by atoms with Crippen LogP contribution in [0, 0.1) is 20.8 Å². The van der Waals surface area contributed by atoms with E-state index in [1.807, 2.05) is 0 Å². The zero-order valence-electron chi connectivity index (χ0n) is 40.5. The topological polar surface area (TPSA) is 37.2 Å². The third-order valence-electron chi connectivity index (χ3n) is 13.6. The van der Waals surface area contributed by atoms with E-state index < -0.39 is 0 Å². The summed E-state index contributed by atoms with van der Waals surface area (Å²) < 4.78 is 2.41. The van der Waals surface area contributed by atoms with Crippen molar-refractivity contribution in [2.45, 2.75) is 20.8 Å². The lowest BCUT2D eigenvalue weighted by molar-refractivity contribution is 1.18. The quantitative estimate of drug-likeness (QED) is 0.130. The molecule has 12 rings (SSSR count). The highest BCUT2D eigenvalue weighted by Gasteiger charge is 2.21. The summed E-state index contributed by atoms with van der Waals surface area (Å²) in [5, 5.41) is 2.33. The minimum absolute atomic E-state index is 0.719. The van der Waals surface area contributed by atoms with Gasteiger partial charge in [-0.15, -0.1) is 0 Å². The van der Waals surface area contributed by atoms with Crippen LogP contribution in [0.3, 0.4) is 0 Å². The second-order valence-electron chi connectivity index (χ2n) is 18.5. The fourth-order valence-electron chi connectivity index (χ4n) is 10.2. The number of hydrogen-bond acceptors (Lipinski definition) is 4. The number of hydrogen-bond donors (Lipinski definition) is 0. The molecule has 0 aliphatic carbocycles. The summed E-state index contributed by atoms with van der Waals surface area (Å²) in [7, 11) is 0. The van der Waals surface area contributed by atoms with Crippen LogP contribution in [0.5, 0.6) is 0 Å². The van der Waals surface area contributed by atoms with Crippen molar-refractivity contribution in [3.05, 3.63) is 271 Å². The van der Waals surface area contributed by atoms with Gasteiger partial charge in [0.25, 0.3) is 0 Å². The number of para-hydroxylation sites is 4. The van der Waals surface area contributed by atoms with E-state index in [9.17, 15) is 0 Å². The van der Waals surface area contributed by atoms with Gasteiger partial charge in [0, 0.05) is 67.3 Å². The highest BCUT2D eigenvalue weighted by atomic mass is 15.1. The number of nitrogens with zero attached hydrogens (tertiary/aromatic N) is 5. The Morgan fingerprint density at radius 2 is 0.750 bits per heavy atom. The van der Waals surface area contributed by atoms with Crippen LogP contribution in [0.2, 0.25) is 0 Å². The van der Waals surface area contributed by atoms with Crippen molar-refractivity contribution in [1.82, 2.24) is 14.5 Å². The SMILES string of the molecule is Cc1cccc(-c2cc(-c3ccc(-c4ccc(-n5c6ccc(N(c7ccccc7)c7ccccc7)cc6c6cc(N(c7ccccc7)c7ccccc7)ccc65)cc4)c(C)c3)nc(-c3cccc(C)c3)n2)c1. The van der Waals surface area contributed by atoms with Crippen LogP contribution < -0.4 is 9.80 Å². The highest BCUT2D eigenvalue weighted by Crippen LogP contribution is 2.43. The van der Waals surface area contributed by atoms with E-state index in [1.165, 1.54) is 33.0 Å². The highest BCUT2D eigenvalue weighted by molar-refractivity contribution is 6.12. The Morgan fingerprint density at radius 1 is 0.319 bits per heavy atom. The fourth-order valence-corrected chi connectivity index (χ4v) is 10.2. The van der Waals surface area contributed by atoms with Crippen molar-refractivity contribution in [3.63, 3.8) is 0 Å². The van der Waals surface area contributed by atoms with E-state index in [4.69, 9.17) is 9.97 Å². The van der Waals surface area contributed by atoms with Crippen LogP contribution >= 0.6 is 0 Å². The van der Waals surface area contributed by atoms with Crippen molar-refractivity contribution in [1.29, 1.82) is 0 Å². The molecule has 5 heteroatoms. The van der Waals surface area contributed by atoms with E-state index in [0.717, 1.165) is 90.3 Å². The monoisotopic (exact) mass is 925 g/mol. The smallest absolute Gasteiger partial charge is 0.160 e. The maximum absolute atomic E-state index is 5.17. The van der Waals surface area contributed by atoms with Gasteiger partial charge < -0.3 is 14.4 Å². The summed E-state index contributed by atoms with van der Waals surface area (Å²) in [5.74, 6) is 0.719. The van der Waals surface area contributed by atoms with Crippen molar-refractivity contribution in [3.8, 4) is 50.7 Å². The second-order valence-corrected chi connectivity index (χ2v) is 18.5. The molecule has 0 fully saturated rings. The minimum atomic E-state index is 0.719. The van der Waals surface area contributed by atoms with Crippen molar-refractivity contribution in [2.75, 3.05) is 9.80 Å². The van der Waals surface area contributed by atoms with Gasteiger partial charge in [0.15, 0.2) is 5.82 Å². The van der Waals surface area contributed by atoms with Crippen molar-refractivity contribution in [2.24, 2.45) is 0 Å². The zero-order chi connectivity index (χ0) is 48.5. The number of rotatable bonds is 11. The molecule has 0 unspecified atom stereocenters. The minimum Gasteiger partial charge on any atom is -0.310 e. The van der Waals surface area contributed by atoms with Gasteiger partial charge in [-0.05, 0) is 159 Å². The molecule has 0 saturated carbocycles. The van der Waals surface area contributed by atoms with Gasteiger partial charge in [-0.2, -0.15) is 0 Å². The molecule has 0 amide bonds. The van der Waals surface area contributed by atoms with Crippen LogP contribution in [0.25, 0.3) is 72.5 Å². The van der Waals surface area contributed by atoms with E-state index in [-0.39, 0.29) is 0 Å². The maximum Gasteiger partial charge on any atom is 0.160 e. The summed E-state index contributed by atoms with van der Waals surface area (Å²) in [5.41, 5.74) is 20.7. The molecule has 2 heterocycles. The first-order valence-corrected chi connectivity index (χ1v) is 24.6. The maximum atomic E-state index is 5.17. The molecule has 0 radical (unpaired) electrons. The average molecular weight is 926 g/mol. The normalized spacial score (nSPS) is 11.3. The molecule has 0 N–H and O–H groups in total. The zero-order valence-corrected chi connectivity index (χ0v) is 40.5. The van der Waals surface area contributed by atoms with E-state index in [1.54, 1.807) is 0 Å². The number of anilines is 6.